The second-order valence-corrected chi connectivity index (χ2v) is 6.91. The molecule has 1 aromatic carbocycles. The third-order valence-corrected chi connectivity index (χ3v) is 5.21. The van der Waals surface area contributed by atoms with Gasteiger partial charge in [-0.2, -0.15) is 0 Å². The fraction of sp³-hybridized carbons (Fsp3) is 0.600. The molecular formula is C15H20Br2O2. The van der Waals surface area contributed by atoms with E-state index in [9.17, 15) is 5.11 Å². The molecule has 0 saturated carbocycles. The molecule has 1 fully saturated rings. The highest BCUT2D eigenvalue weighted by atomic mass is 79.9. The van der Waals surface area contributed by atoms with Crippen LogP contribution >= 0.6 is 31.9 Å². The van der Waals surface area contributed by atoms with E-state index in [0.29, 0.717) is 6.10 Å². The van der Waals surface area contributed by atoms with Crippen molar-refractivity contribution in [3.05, 3.63) is 32.2 Å². The summed E-state index contributed by atoms with van der Waals surface area (Å²) in [6, 6.07) is 4.05. The van der Waals surface area contributed by atoms with Crippen LogP contribution in [0, 0.1) is 6.92 Å². The number of aliphatic hydroxyl groups excluding tert-OH is 1. The van der Waals surface area contributed by atoms with Gasteiger partial charge in [0, 0.05) is 15.6 Å². The third kappa shape index (κ3) is 4.28. The highest BCUT2D eigenvalue weighted by Crippen LogP contribution is 2.32. The van der Waals surface area contributed by atoms with Crippen LogP contribution in [0.1, 0.15) is 49.3 Å². The summed E-state index contributed by atoms with van der Waals surface area (Å²) in [4.78, 5) is 0. The molecule has 1 N–H and O–H groups in total. The van der Waals surface area contributed by atoms with E-state index in [1.165, 1.54) is 18.4 Å². The molecule has 4 heteroatoms. The molecule has 2 rings (SSSR count). The first-order valence-electron chi connectivity index (χ1n) is 6.83. The van der Waals surface area contributed by atoms with Gasteiger partial charge in [-0.25, -0.2) is 0 Å². The minimum atomic E-state index is -0.434. The van der Waals surface area contributed by atoms with Gasteiger partial charge < -0.3 is 9.84 Å². The number of halogens is 2. The predicted molar refractivity (Wildman–Crippen MR) is 84.4 cm³/mol. The molecule has 2 unspecified atom stereocenters. The van der Waals surface area contributed by atoms with Gasteiger partial charge in [0.15, 0.2) is 0 Å². The number of hydrogen-bond acceptors (Lipinski definition) is 2. The Kier molecular flexibility index (Phi) is 5.87. The van der Waals surface area contributed by atoms with Gasteiger partial charge in [0.1, 0.15) is 0 Å². The molecule has 2 nitrogen and oxygen atoms in total. The van der Waals surface area contributed by atoms with Gasteiger partial charge in [0.2, 0.25) is 0 Å². The van der Waals surface area contributed by atoms with E-state index in [4.69, 9.17) is 4.74 Å². The normalized spacial score (nSPS) is 21.4. The van der Waals surface area contributed by atoms with Crippen LogP contribution in [0.4, 0.5) is 0 Å². The van der Waals surface area contributed by atoms with Crippen molar-refractivity contribution >= 4 is 31.9 Å². The van der Waals surface area contributed by atoms with Gasteiger partial charge in [-0.1, -0.05) is 31.9 Å². The fourth-order valence-corrected chi connectivity index (χ4v) is 3.53. The maximum atomic E-state index is 10.3. The van der Waals surface area contributed by atoms with Crippen molar-refractivity contribution in [2.24, 2.45) is 0 Å². The van der Waals surface area contributed by atoms with Crippen LogP contribution in [0.15, 0.2) is 21.1 Å². The van der Waals surface area contributed by atoms with Crippen LogP contribution in [0.25, 0.3) is 0 Å². The minimum Gasteiger partial charge on any atom is -0.388 e. The average Bonchev–Trinajstić information content (AvgIpc) is 2.41. The summed E-state index contributed by atoms with van der Waals surface area (Å²) in [6.45, 7) is 2.92. The van der Waals surface area contributed by atoms with Crippen LogP contribution in [-0.4, -0.2) is 17.8 Å². The summed E-state index contributed by atoms with van der Waals surface area (Å²) in [5.74, 6) is 0. The summed E-state index contributed by atoms with van der Waals surface area (Å²) < 4.78 is 7.72. The maximum Gasteiger partial charge on any atom is 0.0802 e. The molecule has 1 aliphatic rings. The molecule has 0 aromatic heterocycles. The zero-order valence-electron chi connectivity index (χ0n) is 11.2. The summed E-state index contributed by atoms with van der Waals surface area (Å²) >= 11 is 7.06. The lowest BCUT2D eigenvalue weighted by Crippen LogP contribution is -2.19. The lowest BCUT2D eigenvalue weighted by atomic mass is 9.98. The first-order valence-corrected chi connectivity index (χ1v) is 8.41. The van der Waals surface area contributed by atoms with Gasteiger partial charge in [-0.05, 0) is 62.3 Å². The lowest BCUT2D eigenvalue weighted by Gasteiger charge is -2.24. The Labute approximate surface area is 131 Å². The number of rotatable bonds is 4. The Bertz CT molecular complexity index is 428. The van der Waals surface area contributed by atoms with E-state index in [2.05, 4.69) is 31.9 Å². The van der Waals surface area contributed by atoms with E-state index < -0.39 is 6.10 Å². The molecule has 2 atom stereocenters. The summed E-state index contributed by atoms with van der Waals surface area (Å²) in [6.07, 6.45) is 5.13. The van der Waals surface area contributed by atoms with Crippen molar-refractivity contribution < 1.29 is 9.84 Å². The molecule has 1 aliphatic heterocycles. The molecule has 0 aliphatic carbocycles. The van der Waals surface area contributed by atoms with Gasteiger partial charge in [0.05, 0.1) is 12.2 Å². The van der Waals surface area contributed by atoms with Crippen molar-refractivity contribution in [3.63, 3.8) is 0 Å². The predicted octanol–water partition coefficient (Wildman–Crippen LogP) is 4.90. The van der Waals surface area contributed by atoms with Crippen LogP contribution < -0.4 is 0 Å². The number of benzene rings is 1. The lowest BCUT2D eigenvalue weighted by molar-refractivity contribution is 0.00208. The number of ether oxygens (including phenoxy) is 1. The Balaban J connectivity index is 1.95. The van der Waals surface area contributed by atoms with E-state index in [1.807, 2.05) is 19.1 Å². The number of aliphatic hydroxyl groups is 1. The van der Waals surface area contributed by atoms with Crippen LogP contribution in [-0.2, 0) is 4.74 Å². The molecule has 1 heterocycles. The third-order valence-electron chi connectivity index (χ3n) is 3.67. The minimum absolute atomic E-state index is 0.330. The Morgan fingerprint density at radius 1 is 1.32 bits per heavy atom. The topological polar surface area (TPSA) is 29.5 Å². The highest BCUT2D eigenvalue weighted by Gasteiger charge is 2.18. The summed E-state index contributed by atoms with van der Waals surface area (Å²) in [7, 11) is 0. The van der Waals surface area contributed by atoms with Crippen molar-refractivity contribution in [3.8, 4) is 0 Å². The van der Waals surface area contributed by atoms with Crippen molar-refractivity contribution in [2.45, 2.75) is 51.2 Å². The van der Waals surface area contributed by atoms with Gasteiger partial charge in [0.25, 0.3) is 0 Å². The quantitative estimate of drug-likeness (QED) is 0.790. The molecule has 1 aromatic rings. The monoisotopic (exact) mass is 390 g/mol. The van der Waals surface area contributed by atoms with Crippen molar-refractivity contribution in [2.75, 3.05) is 6.61 Å². The molecule has 0 radical (unpaired) electrons. The van der Waals surface area contributed by atoms with E-state index >= 15 is 0 Å². The maximum absolute atomic E-state index is 10.3. The first kappa shape index (κ1) is 15.5. The molecule has 0 amide bonds. The molecule has 106 valence electrons. The molecule has 0 bridgehead atoms. The van der Waals surface area contributed by atoms with Crippen molar-refractivity contribution in [1.29, 1.82) is 0 Å². The first-order chi connectivity index (χ1) is 9.08. The zero-order valence-corrected chi connectivity index (χ0v) is 14.3. The molecule has 0 spiro atoms. The summed E-state index contributed by atoms with van der Waals surface area (Å²) in [5.41, 5.74) is 2.12. The number of hydrogen-bond donors (Lipinski definition) is 1. The molecule has 19 heavy (non-hydrogen) atoms. The zero-order chi connectivity index (χ0) is 13.8. The SMILES string of the molecule is Cc1cc(Br)c(C(O)CCC2CCCCO2)cc1Br. The highest BCUT2D eigenvalue weighted by molar-refractivity contribution is 9.11. The number of aryl methyl sites for hydroxylation is 1. The molecular weight excluding hydrogens is 372 g/mol. The van der Waals surface area contributed by atoms with Gasteiger partial charge in [-0.3, -0.25) is 0 Å². The average molecular weight is 392 g/mol. The fourth-order valence-electron chi connectivity index (χ4n) is 2.45. The second-order valence-electron chi connectivity index (χ2n) is 5.20. The Morgan fingerprint density at radius 2 is 2.11 bits per heavy atom. The second kappa shape index (κ2) is 7.21. The Hall–Kier alpha value is 0.1000. The van der Waals surface area contributed by atoms with Crippen LogP contribution in [0.2, 0.25) is 0 Å². The van der Waals surface area contributed by atoms with E-state index in [1.54, 1.807) is 0 Å². The van der Waals surface area contributed by atoms with Crippen LogP contribution in [0.3, 0.4) is 0 Å². The largest absolute Gasteiger partial charge is 0.388 e. The Morgan fingerprint density at radius 3 is 2.79 bits per heavy atom. The standard InChI is InChI=1S/C15H20Br2O2/c1-10-8-14(17)12(9-13(10)16)15(18)6-5-11-4-2-3-7-19-11/h8-9,11,15,18H,2-7H2,1H3. The van der Waals surface area contributed by atoms with Gasteiger partial charge >= 0.3 is 0 Å². The molecule has 1 saturated heterocycles. The van der Waals surface area contributed by atoms with Crippen LogP contribution in [0.5, 0.6) is 0 Å². The van der Waals surface area contributed by atoms with Crippen molar-refractivity contribution in [1.82, 2.24) is 0 Å². The van der Waals surface area contributed by atoms with E-state index in [-0.39, 0.29) is 0 Å². The smallest absolute Gasteiger partial charge is 0.0802 e. The van der Waals surface area contributed by atoms with Gasteiger partial charge in [-0.15, -0.1) is 0 Å². The summed E-state index contributed by atoms with van der Waals surface area (Å²) in [5, 5.41) is 10.3. The van der Waals surface area contributed by atoms with E-state index in [0.717, 1.165) is 40.4 Å².